The summed E-state index contributed by atoms with van der Waals surface area (Å²) in [6, 6.07) is -0.395. The van der Waals surface area contributed by atoms with E-state index >= 15 is 0 Å². The van der Waals surface area contributed by atoms with Crippen LogP contribution < -0.4 is 11.1 Å². The number of amides is 2. The van der Waals surface area contributed by atoms with Gasteiger partial charge in [0.2, 0.25) is 11.8 Å². The molecule has 2 atom stereocenters. The zero-order chi connectivity index (χ0) is 13.8. The smallest absolute Gasteiger partial charge is 0.243 e. The summed E-state index contributed by atoms with van der Waals surface area (Å²) in [5, 5.41) is 2.99. The lowest BCUT2D eigenvalue weighted by molar-refractivity contribution is -0.139. The fourth-order valence-electron chi connectivity index (χ4n) is 2.59. The van der Waals surface area contributed by atoms with E-state index in [0.29, 0.717) is 19.0 Å². The predicted molar refractivity (Wildman–Crippen MR) is 73.4 cm³/mol. The first-order valence-corrected chi connectivity index (χ1v) is 7.50. The number of nitrogens with zero attached hydrogens (tertiary/aromatic N) is 1. The molecule has 0 aromatic carbocycles. The van der Waals surface area contributed by atoms with Crippen LogP contribution in [-0.2, 0) is 9.59 Å². The van der Waals surface area contributed by atoms with Crippen LogP contribution in [0.1, 0.15) is 51.9 Å². The van der Waals surface area contributed by atoms with Gasteiger partial charge in [0, 0.05) is 12.6 Å². The average molecular weight is 267 g/mol. The molecule has 1 aliphatic heterocycles. The highest BCUT2D eigenvalue weighted by molar-refractivity contribution is 5.90. The lowest BCUT2D eigenvalue weighted by Crippen LogP contribution is -2.51. The Morgan fingerprint density at radius 2 is 2.11 bits per heavy atom. The zero-order valence-electron chi connectivity index (χ0n) is 11.7. The molecule has 5 nitrogen and oxygen atoms in total. The van der Waals surface area contributed by atoms with Crippen LogP contribution in [0.25, 0.3) is 0 Å². The Bertz CT molecular complexity index is 342. The summed E-state index contributed by atoms with van der Waals surface area (Å²) in [5.41, 5.74) is 5.94. The van der Waals surface area contributed by atoms with Gasteiger partial charge in [0.1, 0.15) is 6.04 Å². The Hall–Kier alpha value is -1.10. The molecule has 0 aromatic rings. The van der Waals surface area contributed by atoms with E-state index in [1.165, 1.54) is 0 Å². The monoisotopic (exact) mass is 267 g/mol. The van der Waals surface area contributed by atoms with Gasteiger partial charge >= 0.3 is 0 Å². The summed E-state index contributed by atoms with van der Waals surface area (Å²) in [5.74, 6) is -0.0436. The second kappa shape index (κ2) is 6.37. The number of likely N-dealkylation sites (tertiary alicyclic amines) is 1. The summed E-state index contributed by atoms with van der Waals surface area (Å²) in [7, 11) is 0. The van der Waals surface area contributed by atoms with Crippen molar-refractivity contribution in [3.63, 3.8) is 0 Å². The summed E-state index contributed by atoms with van der Waals surface area (Å²) in [4.78, 5) is 26.1. The molecule has 0 aromatic heterocycles. The standard InChI is InChI=1S/C14H25N3O2/c1-2-3-5-11(15)14(19)17-9-4-6-12(17)13(18)16-10-7-8-10/h10-12H,2-9,15H2,1H3,(H,16,18)/t11-,12?/m0/s1. The van der Waals surface area contributed by atoms with Gasteiger partial charge in [-0.2, -0.15) is 0 Å². The highest BCUT2D eigenvalue weighted by Gasteiger charge is 2.37. The van der Waals surface area contributed by atoms with Crippen LogP contribution in [-0.4, -0.2) is 41.4 Å². The van der Waals surface area contributed by atoms with Crippen LogP contribution in [0.4, 0.5) is 0 Å². The second-order valence-corrected chi connectivity index (χ2v) is 5.72. The van der Waals surface area contributed by atoms with Gasteiger partial charge in [0.15, 0.2) is 0 Å². The van der Waals surface area contributed by atoms with Gasteiger partial charge < -0.3 is 16.0 Å². The van der Waals surface area contributed by atoms with Crippen LogP contribution in [0, 0.1) is 0 Å². The van der Waals surface area contributed by atoms with Gasteiger partial charge in [-0.25, -0.2) is 0 Å². The Kier molecular flexibility index (Phi) is 4.80. The molecule has 2 rings (SSSR count). The van der Waals surface area contributed by atoms with Crippen LogP contribution in [0.3, 0.4) is 0 Å². The van der Waals surface area contributed by atoms with E-state index in [1.807, 2.05) is 0 Å². The van der Waals surface area contributed by atoms with Gasteiger partial charge in [-0.1, -0.05) is 19.8 Å². The maximum absolute atomic E-state index is 12.3. The van der Waals surface area contributed by atoms with Gasteiger partial charge in [0.05, 0.1) is 6.04 Å². The van der Waals surface area contributed by atoms with Crippen molar-refractivity contribution in [1.29, 1.82) is 0 Å². The Balaban J connectivity index is 1.89. The molecule has 5 heteroatoms. The third-order valence-electron chi connectivity index (χ3n) is 3.95. The second-order valence-electron chi connectivity index (χ2n) is 5.72. The molecule has 3 N–H and O–H groups in total. The van der Waals surface area contributed by atoms with Gasteiger partial charge in [-0.05, 0) is 32.1 Å². The van der Waals surface area contributed by atoms with E-state index in [-0.39, 0.29) is 17.9 Å². The van der Waals surface area contributed by atoms with Crippen LogP contribution in [0.5, 0.6) is 0 Å². The molecule has 2 amide bonds. The van der Waals surface area contributed by atoms with E-state index in [1.54, 1.807) is 4.90 Å². The van der Waals surface area contributed by atoms with E-state index < -0.39 is 6.04 Å². The van der Waals surface area contributed by atoms with Crippen LogP contribution in [0.2, 0.25) is 0 Å². The fraction of sp³-hybridized carbons (Fsp3) is 0.857. The number of hydrogen-bond acceptors (Lipinski definition) is 3. The van der Waals surface area contributed by atoms with Crippen molar-refractivity contribution in [3.8, 4) is 0 Å². The summed E-state index contributed by atoms with van der Waals surface area (Å²) in [6.07, 6.45) is 6.51. The molecule has 1 unspecified atom stereocenters. The van der Waals surface area contributed by atoms with Crippen molar-refractivity contribution in [2.45, 2.75) is 70.0 Å². The predicted octanol–water partition coefficient (Wildman–Crippen LogP) is 0.773. The molecule has 108 valence electrons. The first-order valence-electron chi connectivity index (χ1n) is 7.50. The van der Waals surface area contributed by atoms with Gasteiger partial charge in [0.25, 0.3) is 0 Å². The number of nitrogens with two attached hydrogens (primary N) is 1. The normalized spacial score (nSPS) is 24.3. The Labute approximate surface area is 114 Å². The molecule has 0 radical (unpaired) electrons. The Morgan fingerprint density at radius 1 is 1.37 bits per heavy atom. The minimum atomic E-state index is -0.450. The first kappa shape index (κ1) is 14.3. The quantitative estimate of drug-likeness (QED) is 0.746. The summed E-state index contributed by atoms with van der Waals surface area (Å²) in [6.45, 7) is 2.75. The highest BCUT2D eigenvalue weighted by atomic mass is 16.2. The third kappa shape index (κ3) is 3.69. The molecule has 1 aliphatic carbocycles. The van der Waals surface area contributed by atoms with Crippen molar-refractivity contribution < 1.29 is 9.59 Å². The summed E-state index contributed by atoms with van der Waals surface area (Å²) < 4.78 is 0. The number of carbonyl (C=O) groups excluding carboxylic acids is 2. The van der Waals surface area contributed by atoms with Crippen LogP contribution >= 0.6 is 0 Å². The molecule has 1 heterocycles. The Morgan fingerprint density at radius 3 is 2.74 bits per heavy atom. The number of nitrogens with one attached hydrogen (secondary N) is 1. The van der Waals surface area contributed by atoms with Crippen molar-refractivity contribution in [3.05, 3.63) is 0 Å². The first-order chi connectivity index (χ1) is 9.13. The molecule has 2 fully saturated rings. The SMILES string of the molecule is CCCC[C@H](N)C(=O)N1CCCC1C(=O)NC1CC1. The minimum Gasteiger partial charge on any atom is -0.352 e. The number of hydrogen-bond donors (Lipinski definition) is 2. The maximum Gasteiger partial charge on any atom is 0.243 e. The van der Waals surface area contributed by atoms with Crippen molar-refractivity contribution in [2.24, 2.45) is 5.73 Å². The van der Waals surface area contributed by atoms with E-state index in [0.717, 1.165) is 38.5 Å². The molecule has 0 spiro atoms. The molecule has 19 heavy (non-hydrogen) atoms. The molecule has 1 saturated carbocycles. The largest absolute Gasteiger partial charge is 0.352 e. The third-order valence-corrected chi connectivity index (χ3v) is 3.95. The molecular formula is C14H25N3O2. The number of rotatable bonds is 6. The lowest BCUT2D eigenvalue weighted by atomic mass is 10.1. The minimum absolute atomic E-state index is 0.0102. The van der Waals surface area contributed by atoms with Crippen LogP contribution in [0.15, 0.2) is 0 Å². The highest BCUT2D eigenvalue weighted by Crippen LogP contribution is 2.23. The summed E-state index contributed by atoms with van der Waals surface area (Å²) >= 11 is 0. The molecule has 2 aliphatic rings. The number of carbonyl (C=O) groups is 2. The van der Waals surface area contributed by atoms with E-state index in [9.17, 15) is 9.59 Å². The van der Waals surface area contributed by atoms with Gasteiger partial charge in [-0.15, -0.1) is 0 Å². The average Bonchev–Trinajstić information content (AvgIpc) is 3.08. The zero-order valence-corrected chi connectivity index (χ0v) is 11.7. The molecular weight excluding hydrogens is 242 g/mol. The topological polar surface area (TPSA) is 75.4 Å². The number of unbranched alkanes of at least 4 members (excludes halogenated alkanes) is 1. The lowest BCUT2D eigenvalue weighted by Gasteiger charge is -2.26. The van der Waals surface area contributed by atoms with Crippen molar-refractivity contribution >= 4 is 11.8 Å². The molecule has 1 saturated heterocycles. The maximum atomic E-state index is 12.3. The fourth-order valence-corrected chi connectivity index (χ4v) is 2.59. The van der Waals surface area contributed by atoms with Gasteiger partial charge in [-0.3, -0.25) is 9.59 Å². The van der Waals surface area contributed by atoms with E-state index in [2.05, 4.69) is 12.2 Å². The van der Waals surface area contributed by atoms with E-state index in [4.69, 9.17) is 5.73 Å². The van der Waals surface area contributed by atoms with Crippen molar-refractivity contribution in [1.82, 2.24) is 10.2 Å². The molecule has 0 bridgehead atoms. The van der Waals surface area contributed by atoms with Crippen molar-refractivity contribution in [2.75, 3.05) is 6.54 Å².